The van der Waals surface area contributed by atoms with Crippen molar-refractivity contribution in [2.75, 3.05) is 13.7 Å². The van der Waals surface area contributed by atoms with Gasteiger partial charge < -0.3 is 25.6 Å². The number of rotatable bonds is 17. The van der Waals surface area contributed by atoms with Crippen molar-refractivity contribution in [2.45, 2.75) is 127 Å². The number of aromatic nitrogens is 1. The summed E-state index contributed by atoms with van der Waals surface area (Å²) in [7, 11) is -2.43. The van der Waals surface area contributed by atoms with E-state index in [1.807, 2.05) is 6.92 Å². The minimum atomic E-state index is -3.87. The average molecular weight is 828 g/mol. The number of hydrogen-bond donors (Lipinski definition) is 4. The number of ether oxygens (including phenoxy) is 1. The third-order valence-corrected chi connectivity index (χ3v) is 12.1. The summed E-state index contributed by atoms with van der Waals surface area (Å²) >= 11 is 5.97. The maximum Gasteiger partial charge on any atom is 0.289 e. The van der Waals surface area contributed by atoms with Gasteiger partial charge in [-0.2, -0.15) is 0 Å². The maximum absolute atomic E-state index is 14.6. The Morgan fingerprint density at radius 1 is 0.982 bits per heavy atom. The van der Waals surface area contributed by atoms with Crippen LogP contribution in [0.3, 0.4) is 0 Å². The van der Waals surface area contributed by atoms with Crippen LogP contribution >= 0.6 is 11.6 Å². The number of pyridine rings is 1. The first-order valence-corrected chi connectivity index (χ1v) is 21.5. The molecule has 5 rings (SSSR count). The molecule has 2 saturated carbocycles. The number of sulfonamides is 1. The van der Waals surface area contributed by atoms with Crippen LogP contribution in [0.2, 0.25) is 5.02 Å². The van der Waals surface area contributed by atoms with Gasteiger partial charge in [-0.3, -0.25) is 33.7 Å². The molecule has 4 atom stereocenters. The highest BCUT2D eigenvalue weighted by atomic mass is 35.5. The number of halogens is 1. The lowest BCUT2D eigenvalue weighted by Gasteiger charge is -2.37. The molecule has 4 N–H and O–H groups in total. The molecule has 2 heterocycles. The van der Waals surface area contributed by atoms with Crippen molar-refractivity contribution in [1.82, 2.24) is 30.6 Å². The summed E-state index contributed by atoms with van der Waals surface area (Å²) in [6.45, 7) is 7.11. The number of carbonyl (C=O) groups is 5. The minimum Gasteiger partial charge on any atom is -0.478 e. The summed E-state index contributed by atoms with van der Waals surface area (Å²) in [5.41, 5.74) is -0.511. The molecule has 1 aliphatic heterocycles. The van der Waals surface area contributed by atoms with Crippen LogP contribution in [0, 0.1) is 11.3 Å². The topological polar surface area (TPSA) is 205 Å². The second-order valence-corrected chi connectivity index (χ2v) is 18.2. The van der Waals surface area contributed by atoms with Crippen LogP contribution < -0.4 is 25.4 Å². The van der Waals surface area contributed by atoms with E-state index in [0.717, 1.165) is 32.1 Å². The molecule has 0 radical (unpaired) electrons. The van der Waals surface area contributed by atoms with E-state index in [9.17, 15) is 32.4 Å². The zero-order valence-electron chi connectivity index (χ0n) is 33.2. The summed E-state index contributed by atoms with van der Waals surface area (Å²) in [6.07, 6.45) is 7.78. The Hall–Kier alpha value is -4.57. The van der Waals surface area contributed by atoms with Gasteiger partial charge in [0.15, 0.2) is 0 Å². The first kappa shape index (κ1) is 43.6. The Morgan fingerprint density at radius 3 is 2.32 bits per heavy atom. The van der Waals surface area contributed by atoms with Gasteiger partial charge in [-0.25, -0.2) is 13.4 Å². The van der Waals surface area contributed by atoms with Crippen molar-refractivity contribution in [2.24, 2.45) is 16.3 Å². The Kier molecular flexibility index (Phi) is 14.4. The number of aliphatic imine (C=N–C) groups is 1. The lowest BCUT2D eigenvalue weighted by Crippen LogP contribution is -2.61. The quantitative estimate of drug-likeness (QED) is 0.172. The molecule has 0 bridgehead atoms. The van der Waals surface area contributed by atoms with Crippen LogP contribution in [0.15, 0.2) is 52.5 Å². The summed E-state index contributed by atoms with van der Waals surface area (Å²) < 4.78 is 34.2. The van der Waals surface area contributed by atoms with Gasteiger partial charge in [0.25, 0.3) is 15.9 Å². The first-order chi connectivity index (χ1) is 27.0. The van der Waals surface area contributed by atoms with E-state index in [2.05, 4.69) is 25.7 Å². The van der Waals surface area contributed by atoms with Gasteiger partial charge in [0.1, 0.15) is 24.0 Å². The Morgan fingerprint density at radius 2 is 1.68 bits per heavy atom. The number of benzene rings is 1. The normalized spacial score (nSPS) is 19.2. The van der Waals surface area contributed by atoms with Gasteiger partial charge in [0.05, 0.1) is 22.6 Å². The highest BCUT2D eigenvalue weighted by molar-refractivity contribution is 7.90. The number of nitrogens with zero attached hydrogens (tertiary/aromatic N) is 3. The predicted molar refractivity (Wildman–Crippen MR) is 214 cm³/mol. The second kappa shape index (κ2) is 18.8. The zero-order valence-corrected chi connectivity index (χ0v) is 34.7. The smallest absolute Gasteiger partial charge is 0.289 e. The minimum absolute atomic E-state index is 0.0393. The number of amidine groups is 1. The fraction of sp³-hybridized carbons (Fsp3) is 0.575. The Bertz CT molecular complexity index is 1940. The second-order valence-electron chi connectivity index (χ2n) is 16.1. The molecule has 3 aliphatic rings. The van der Waals surface area contributed by atoms with Crippen LogP contribution in [0.25, 0.3) is 0 Å². The molecule has 0 saturated heterocycles. The van der Waals surface area contributed by atoms with Gasteiger partial charge in [-0.15, -0.1) is 0 Å². The van der Waals surface area contributed by atoms with E-state index < -0.39 is 69.0 Å². The van der Waals surface area contributed by atoms with Gasteiger partial charge in [0.2, 0.25) is 29.4 Å². The third-order valence-electron chi connectivity index (χ3n) is 10.5. The number of likely N-dealkylation sites (N-methyl/N-ethyl adjacent to an activating group) is 1. The van der Waals surface area contributed by atoms with Crippen molar-refractivity contribution in [3.8, 4) is 5.88 Å². The fourth-order valence-corrected chi connectivity index (χ4v) is 8.47. The van der Waals surface area contributed by atoms with E-state index in [-0.39, 0.29) is 48.0 Å². The average Bonchev–Trinajstić information content (AvgIpc) is 3.96. The molecule has 17 heteroatoms. The fourth-order valence-electron chi connectivity index (χ4n) is 7.12. The first-order valence-electron chi connectivity index (χ1n) is 19.7. The molecule has 2 aromatic rings. The van der Waals surface area contributed by atoms with Crippen LogP contribution in [0.1, 0.15) is 97.5 Å². The van der Waals surface area contributed by atoms with Crippen molar-refractivity contribution in [3.63, 3.8) is 0 Å². The monoisotopic (exact) mass is 827 g/mol. The van der Waals surface area contributed by atoms with Gasteiger partial charge in [-0.05, 0) is 61.6 Å². The van der Waals surface area contributed by atoms with Gasteiger partial charge >= 0.3 is 0 Å². The molecular weight excluding hydrogens is 774 g/mol. The largest absolute Gasteiger partial charge is 0.478 e. The van der Waals surface area contributed by atoms with Crippen molar-refractivity contribution in [3.05, 3.63) is 53.2 Å². The number of amides is 4. The third kappa shape index (κ3) is 11.3. The SMILES string of the molecule is CCCC(NC(=O)C(CCOc1ccc(Cl)cn1)N(C)C(=O)[C@H](NC(=O)[C@@H](N=C1NS(=O)(=O)c2ccccc21)C1CCCCC1)C(C)(C)C)C(=O)C(=O)NC1CC1. The summed E-state index contributed by atoms with van der Waals surface area (Å²) in [6, 6.07) is 5.02. The Balaban J connectivity index is 1.41. The number of ketones is 1. The van der Waals surface area contributed by atoms with Crippen LogP contribution in [-0.4, -0.2) is 97.4 Å². The summed E-state index contributed by atoms with van der Waals surface area (Å²) in [5.74, 6) is -3.25. The molecule has 2 aliphatic carbocycles. The van der Waals surface area contributed by atoms with Crippen molar-refractivity contribution >= 4 is 56.9 Å². The van der Waals surface area contributed by atoms with E-state index in [4.69, 9.17) is 21.3 Å². The molecule has 2 unspecified atom stereocenters. The molecule has 15 nitrogen and oxygen atoms in total. The molecule has 57 heavy (non-hydrogen) atoms. The molecular formula is C40H54ClN7O8S. The molecule has 4 amide bonds. The molecule has 310 valence electrons. The van der Waals surface area contributed by atoms with Gasteiger partial charge in [0, 0.05) is 37.3 Å². The summed E-state index contributed by atoms with van der Waals surface area (Å²) in [4.78, 5) is 79.3. The van der Waals surface area contributed by atoms with Crippen LogP contribution in [0.5, 0.6) is 5.88 Å². The molecule has 1 aromatic heterocycles. The van der Waals surface area contributed by atoms with Crippen molar-refractivity contribution < 1.29 is 37.1 Å². The van der Waals surface area contributed by atoms with Crippen LogP contribution in [-0.2, 0) is 34.0 Å². The lowest BCUT2D eigenvalue weighted by molar-refractivity contribution is -0.146. The highest BCUT2D eigenvalue weighted by Gasteiger charge is 2.42. The van der Waals surface area contributed by atoms with E-state index in [1.165, 1.54) is 24.2 Å². The number of carbonyl (C=O) groups excluding carboxylic acids is 5. The Labute approximate surface area is 339 Å². The predicted octanol–water partition coefficient (Wildman–Crippen LogP) is 3.68. The van der Waals surface area contributed by atoms with E-state index >= 15 is 0 Å². The molecule has 1 aromatic carbocycles. The molecule has 0 spiro atoms. The van der Waals surface area contributed by atoms with E-state index in [0.29, 0.717) is 29.8 Å². The number of nitrogens with one attached hydrogen (secondary N) is 4. The van der Waals surface area contributed by atoms with Gasteiger partial charge in [-0.1, -0.05) is 77.1 Å². The lowest BCUT2D eigenvalue weighted by atomic mass is 9.82. The number of fused-ring (bicyclic) bond motifs is 1. The summed E-state index contributed by atoms with van der Waals surface area (Å²) in [5, 5.41) is 8.76. The maximum atomic E-state index is 14.6. The number of hydrogen-bond acceptors (Lipinski definition) is 10. The molecule has 2 fully saturated rings. The van der Waals surface area contributed by atoms with E-state index in [1.54, 1.807) is 51.1 Å². The van der Waals surface area contributed by atoms with Crippen LogP contribution in [0.4, 0.5) is 0 Å². The highest BCUT2D eigenvalue weighted by Crippen LogP contribution is 2.31. The van der Waals surface area contributed by atoms with Crippen molar-refractivity contribution in [1.29, 1.82) is 0 Å². The number of Topliss-reactive ketones (excluding diaryl/α,β-unsaturated/α-hetero) is 1. The zero-order chi connectivity index (χ0) is 41.5. The standard InChI is InChI=1S/C40H54ClN7O8S/c1-6-12-28(33(49)38(52)43-26-18-19-26)44-36(50)29(21-22-56-31-20-17-25(41)23-42-31)48(5)39(53)34(40(2,3)4)46-37(51)32(24-13-8-7-9-14-24)45-35-27-15-10-11-16-30(27)57(54,55)47-35/h10-11,15-17,20,23-24,26,28-29,32,34H,6-9,12-14,18-19,21-22H2,1-5H3,(H,43,52)(H,44,50)(H,45,47)(H,46,51)/t28?,29?,32-,34-/m0/s1.